The number of ether oxygens (including phenoxy) is 1. The number of hydrogen-bond acceptors (Lipinski definition) is 2. The van der Waals surface area contributed by atoms with Crippen LogP contribution in [-0.4, -0.2) is 22.9 Å². The van der Waals surface area contributed by atoms with Gasteiger partial charge in [-0.2, -0.15) is 0 Å². The zero-order valence-electron chi connectivity index (χ0n) is 7.79. The molecule has 2 bridgehead atoms. The quantitative estimate of drug-likeness (QED) is 0.478. The van der Waals surface area contributed by atoms with E-state index in [9.17, 15) is 4.79 Å². The number of alkyl halides is 1. The number of halogens is 1. The second kappa shape index (κ2) is 2.82. The molecule has 0 aliphatic carbocycles. The van der Waals surface area contributed by atoms with Crippen LogP contribution in [0.3, 0.4) is 0 Å². The Labute approximate surface area is 82.9 Å². The van der Waals surface area contributed by atoms with Gasteiger partial charge in [-0.3, -0.25) is 4.79 Å². The molecule has 1 unspecified atom stereocenters. The zero-order valence-corrected chi connectivity index (χ0v) is 8.54. The molecule has 0 aromatic heterocycles. The number of ketones is 1. The lowest BCUT2D eigenvalue weighted by Gasteiger charge is -2.37. The lowest BCUT2D eigenvalue weighted by Crippen LogP contribution is -2.51. The molecule has 0 radical (unpaired) electrons. The zero-order chi connectivity index (χ0) is 9.64. The summed E-state index contributed by atoms with van der Waals surface area (Å²) < 4.78 is 5.71. The van der Waals surface area contributed by atoms with Gasteiger partial charge in [0.15, 0.2) is 5.78 Å². The monoisotopic (exact) mass is 200 g/mol. The van der Waals surface area contributed by atoms with Gasteiger partial charge in [0.05, 0.1) is 6.10 Å². The van der Waals surface area contributed by atoms with Gasteiger partial charge in [0.1, 0.15) is 11.0 Å². The molecule has 4 atom stereocenters. The van der Waals surface area contributed by atoms with E-state index in [1.807, 2.05) is 26.0 Å². The Morgan fingerprint density at radius 1 is 1.69 bits per heavy atom. The maximum absolute atomic E-state index is 11.8. The van der Waals surface area contributed by atoms with Gasteiger partial charge in [0, 0.05) is 5.92 Å². The van der Waals surface area contributed by atoms with Crippen LogP contribution in [0.2, 0.25) is 0 Å². The highest BCUT2D eigenvalue weighted by Gasteiger charge is 2.51. The van der Waals surface area contributed by atoms with Crippen LogP contribution in [0.15, 0.2) is 12.2 Å². The van der Waals surface area contributed by atoms with Gasteiger partial charge >= 0.3 is 0 Å². The van der Waals surface area contributed by atoms with Crippen molar-refractivity contribution in [3.8, 4) is 0 Å². The average Bonchev–Trinajstić information content (AvgIpc) is 2.45. The first-order chi connectivity index (χ1) is 6.08. The van der Waals surface area contributed by atoms with E-state index < -0.39 is 11.0 Å². The van der Waals surface area contributed by atoms with Crippen molar-refractivity contribution < 1.29 is 9.53 Å². The minimum absolute atomic E-state index is 0.0440. The molecule has 0 aromatic rings. The molecule has 0 N–H and O–H groups in total. The number of fused-ring (bicyclic) bond motifs is 2. The minimum atomic E-state index is -0.561. The van der Waals surface area contributed by atoms with Crippen molar-refractivity contribution in [1.82, 2.24) is 0 Å². The van der Waals surface area contributed by atoms with Crippen molar-refractivity contribution in [3.05, 3.63) is 12.2 Å². The summed E-state index contributed by atoms with van der Waals surface area (Å²) in [6, 6.07) is 0. The molecular formula is C10H13ClO2. The number of rotatable bonds is 1. The Hall–Kier alpha value is -0.340. The number of hydrogen-bond donors (Lipinski definition) is 0. The van der Waals surface area contributed by atoms with E-state index in [1.165, 1.54) is 0 Å². The van der Waals surface area contributed by atoms with Crippen LogP contribution < -0.4 is 0 Å². The molecule has 3 heteroatoms. The summed E-state index contributed by atoms with van der Waals surface area (Å²) in [5.41, 5.74) is -0.561. The lowest BCUT2D eigenvalue weighted by molar-refractivity contribution is -0.144. The predicted molar refractivity (Wildman–Crippen MR) is 50.8 cm³/mol. The Kier molecular flexibility index (Phi) is 2.00. The maximum atomic E-state index is 11.8. The highest BCUT2D eigenvalue weighted by atomic mass is 35.5. The van der Waals surface area contributed by atoms with Crippen molar-refractivity contribution in [2.75, 3.05) is 0 Å². The molecule has 0 spiro atoms. The van der Waals surface area contributed by atoms with Crippen molar-refractivity contribution in [1.29, 1.82) is 0 Å². The third kappa shape index (κ3) is 1.16. The minimum Gasteiger partial charge on any atom is -0.361 e. The van der Waals surface area contributed by atoms with Gasteiger partial charge in [-0.25, -0.2) is 0 Å². The summed E-state index contributed by atoms with van der Waals surface area (Å²) in [6.45, 7) is 3.86. The second-order valence-electron chi connectivity index (χ2n) is 3.91. The third-order valence-corrected chi connectivity index (χ3v) is 3.61. The molecule has 2 aliphatic heterocycles. The largest absolute Gasteiger partial charge is 0.361 e. The normalized spacial score (nSPS) is 48.5. The molecule has 72 valence electrons. The Bertz CT molecular complexity index is 270. The Morgan fingerprint density at radius 3 is 3.00 bits per heavy atom. The summed E-state index contributed by atoms with van der Waals surface area (Å²) in [5.74, 6) is 0.0854. The molecule has 2 nitrogen and oxygen atoms in total. The fraction of sp³-hybridized carbons (Fsp3) is 0.700. The van der Waals surface area contributed by atoms with Crippen LogP contribution in [0.25, 0.3) is 0 Å². The standard InChI is InChI=1S/C10H13ClO2/c1-3-6-7-4-5-10(2,13-7)9(11)8(6)12/h4-7,9H,3H2,1-2H3/t6-,7-,9-,10?/m1/s1. The van der Waals surface area contributed by atoms with Gasteiger partial charge < -0.3 is 4.74 Å². The summed E-state index contributed by atoms with van der Waals surface area (Å²) >= 11 is 6.05. The van der Waals surface area contributed by atoms with Crippen molar-refractivity contribution in [3.63, 3.8) is 0 Å². The third-order valence-electron chi connectivity index (χ3n) is 2.96. The molecule has 1 saturated heterocycles. The van der Waals surface area contributed by atoms with Crippen molar-refractivity contribution in [2.45, 2.75) is 37.4 Å². The number of carbonyl (C=O) groups excluding carboxylic acids is 1. The van der Waals surface area contributed by atoms with E-state index in [0.717, 1.165) is 6.42 Å². The van der Waals surface area contributed by atoms with E-state index in [4.69, 9.17) is 16.3 Å². The first-order valence-electron chi connectivity index (χ1n) is 4.63. The highest BCUT2D eigenvalue weighted by molar-refractivity contribution is 6.33. The van der Waals surface area contributed by atoms with E-state index in [0.29, 0.717) is 0 Å². The van der Waals surface area contributed by atoms with Crippen LogP contribution in [0, 0.1) is 5.92 Å². The fourth-order valence-electron chi connectivity index (χ4n) is 2.08. The molecule has 0 aromatic carbocycles. The second-order valence-corrected chi connectivity index (χ2v) is 4.34. The van der Waals surface area contributed by atoms with E-state index in [-0.39, 0.29) is 17.8 Å². The van der Waals surface area contributed by atoms with E-state index in [1.54, 1.807) is 0 Å². The molecule has 2 aliphatic rings. The van der Waals surface area contributed by atoms with Gasteiger partial charge in [0.2, 0.25) is 0 Å². The van der Waals surface area contributed by atoms with Gasteiger partial charge in [0.25, 0.3) is 0 Å². The summed E-state index contributed by atoms with van der Waals surface area (Å²) in [5, 5.41) is -0.521. The summed E-state index contributed by atoms with van der Waals surface area (Å²) in [6.07, 6.45) is 4.64. The first-order valence-corrected chi connectivity index (χ1v) is 5.07. The number of carbonyl (C=O) groups is 1. The molecule has 2 heterocycles. The molecular weight excluding hydrogens is 188 g/mol. The van der Waals surface area contributed by atoms with Crippen molar-refractivity contribution in [2.24, 2.45) is 5.92 Å². The van der Waals surface area contributed by atoms with E-state index in [2.05, 4.69) is 0 Å². The van der Waals surface area contributed by atoms with Crippen LogP contribution in [-0.2, 0) is 9.53 Å². The van der Waals surface area contributed by atoms with Crippen molar-refractivity contribution >= 4 is 17.4 Å². The highest BCUT2D eigenvalue weighted by Crippen LogP contribution is 2.40. The van der Waals surface area contributed by atoms with Gasteiger partial charge in [-0.05, 0) is 13.3 Å². The molecule has 13 heavy (non-hydrogen) atoms. The molecule has 1 fully saturated rings. The van der Waals surface area contributed by atoms with Crippen LogP contribution in [0.4, 0.5) is 0 Å². The summed E-state index contributed by atoms with van der Waals surface area (Å²) in [4.78, 5) is 11.8. The van der Waals surface area contributed by atoms with Crippen LogP contribution in [0.1, 0.15) is 20.3 Å². The smallest absolute Gasteiger partial charge is 0.159 e. The molecule has 2 rings (SSSR count). The Morgan fingerprint density at radius 2 is 2.38 bits per heavy atom. The lowest BCUT2D eigenvalue weighted by atomic mass is 9.87. The van der Waals surface area contributed by atoms with Gasteiger partial charge in [-0.15, -0.1) is 11.6 Å². The van der Waals surface area contributed by atoms with Crippen LogP contribution >= 0.6 is 11.6 Å². The molecule has 0 saturated carbocycles. The van der Waals surface area contributed by atoms with E-state index >= 15 is 0 Å². The van der Waals surface area contributed by atoms with Gasteiger partial charge in [-0.1, -0.05) is 19.1 Å². The Balaban J connectivity index is 2.33. The first kappa shape index (κ1) is 9.22. The fourth-order valence-corrected chi connectivity index (χ4v) is 2.37. The van der Waals surface area contributed by atoms with Crippen LogP contribution in [0.5, 0.6) is 0 Å². The molecule has 0 amide bonds. The topological polar surface area (TPSA) is 26.3 Å². The maximum Gasteiger partial charge on any atom is 0.159 e. The predicted octanol–water partition coefficient (Wildman–Crippen LogP) is 1.92. The average molecular weight is 201 g/mol. The number of Topliss-reactive ketones (excluding diaryl/α,β-unsaturated/α-hetero) is 1. The summed E-state index contributed by atoms with van der Waals surface area (Å²) in [7, 11) is 0. The SMILES string of the molecule is CC[C@H]1C(=O)[C@@H](Cl)C2(C)C=C[C@H]1O2.